The first-order chi connectivity index (χ1) is 7.58. The molecule has 0 amide bonds. The number of rotatable bonds is 1. The molecule has 0 radical (unpaired) electrons. The zero-order chi connectivity index (χ0) is 11.7. The van der Waals surface area contributed by atoms with E-state index in [-0.39, 0.29) is 0 Å². The van der Waals surface area contributed by atoms with Gasteiger partial charge in [-0.15, -0.1) is 0 Å². The minimum atomic E-state index is 0.407. The second kappa shape index (κ2) is 4.80. The van der Waals surface area contributed by atoms with Crippen molar-refractivity contribution in [3.63, 3.8) is 0 Å². The van der Waals surface area contributed by atoms with E-state index in [1.165, 1.54) is 0 Å². The molecule has 0 bridgehead atoms. The van der Waals surface area contributed by atoms with Gasteiger partial charge in [-0.3, -0.25) is 4.98 Å². The molecule has 0 spiro atoms. The molecule has 1 nitrogen and oxygen atoms in total. The predicted molar refractivity (Wildman–Crippen MR) is 69.7 cm³/mol. The molecule has 5 heteroatoms. The van der Waals surface area contributed by atoms with Crippen LogP contribution in [0.2, 0.25) is 20.1 Å². The number of hydrogen-bond acceptors (Lipinski definition) is 1. The number of aromatic nitrogens is 1. The van der Waals surface area contributed by atoms with Crippen LogP contribution in [-0.2, 0) is 0 Å². The topological polar surface area (TPSA) is 12.9 Å². The number of hydrogen-bond donors (Lipinski definition) is 0. The van der Waals surface area contributed by atoms with Gasteiger partial charge in [-0.2, -0.15) is 0 Å². The molecule has 1 heterocycles. The first-order valence-electron chi connectivity index (χ1n) is 4.33. The Bertz CT molecular complexity index is 540. The average Bonchev–Trinajstić information content (AvgIpc) is 2.23. The molecule has 0 unspecified atom stereocenters. The second-order valence-electron chi connectivity index (χ2n) is 3.14. The molecular formula is C11H5Cl4N. The van der Waals surface area contributed by atoms with Crippen molar-refractivity contribution in [1.82, 2.24) is 4.98 Å². The van der Waals surface area contributed by atoms with Crippen LogP contribution in [-0.4, -0.2) is 4.98 Å². The van der Waals surface area contributed by atoms with Gasteiger partial charge in [-0.05, 0) is 18.2 Å². The SMILES string of the molecule is Clc1cncc(-c2cc(Cl)cc(Cl)c2Cl)c1. The summed E-state index contributed by atoms with van der Waals surface area (Å²) >= 11 is 23.8. The smallest absolute Gasteiger partial charge is 0.0672 e. The average molecular weight is 293 g/mol. The summed E-state index contributed by atoms with van der Waals surface area (Å²) in [5.74, 6) is 0. The van der Waals surface area contributed by atoms with E-state index >= 15 is 0 Å². The maximum Gasteiger partial charge on any atom is 0.0672 e. The van der Waals surface area contributed by atoms with Crippen molar-refractivity contribution in [2.24, 2.45) is 0 Å². The molecule has 2 aromatic rings. The van der Waals surface area contributed by atoms with Gasteiger partial charge in [-0.25, -0.2) is 0 Å². The summed E-state index contributed by atoms with van der Waals surface area (Å²) in [6.07, 6.45) is 3.20. The van der Waals surface area contributed by atoms with Gasteiger partial charge in [0.1, 0.15) is 0 Å². The summed E-state index contributed by atoms with van der Waals surface area (Å²) in [5.41, 5.74) is 1.50. The minimum absolute atomic E-state index is 0.407. The number of pyridine rings is 1. The Hall–Kier alpha value is -0.470. The molecule has 0 aliphatic carbocycles. The number of nitrogens with zero attached hydrogens (tertiary/aromatic N) is 1. The zero-order valence-corrected chi connectivity index (χ0v) is 10.9. The maximum absolute atomic E-state index is 6.09. The summed E-state index contributed by atoms with van der Waals surface area (Å²) in [6, 6.07) is 5.07. The van der Waals surface area contributed by atoms with Gasteiger partial charge in [0.05, 0.1) is 15.1 Å². The molecule has 82 valence electrons. The monoisotopic (exact) mass is 291 g/mol. The lowest BCUT2D eigenvalue weighted by Crippen LogP contribution is -1.83. The van der Waals surface area contributed by atoms with Crippen molar-refractivity contribution in [1.29, 1.82) is 0 Å². The molecule has 0 saturated carbocycles. The Morgan fingerprint density at radius 1 is 0.812 bits per heavy atom. The fourth-order valence-electron chi connectivity index (χ4n) is 1.33. The molecule has 0 fully saturated rings. The highest BCUT2D eigenvalue weighted by Gasteiger charge is 2.09. The molecule has 0 aliphatic heterocycles. The van der Waals surface area contributed by atoms with Crippen LogP contribution < -0.4 is 0 Å². The van der Waals surface area contributed by atoms with Crippen LogP contribution in [0, 0.1) is 0 Å². The Balaban J connectivity index is 2.64. The molecule has 1 aromatic heterocycles. The lowest BCUT2D eigenvalue weighted by Gasteiger charge is -2.07. The number of halogens is 4. The minimum Gasteiger partial charge on any atom is -0.263 e. The molecular weight excluding hydrogens is 288 g/mol. The first kappa shape index (κ1) is 12.0. The lowest BCUT2D eigenvalue weighted by molar-refractivity contribution is 1.33. The van der Waals surface area contributed by atoms with Gasteiger partial charge >= 0.3 is 0 Å². The largest absolute Gasteiger partial charge is 0.263 e. The fourth-order valence-corrected chi connectivity index (χ4v) is 2.21. The summed E-state index contributed by atoms with van der Waals surface area (Å²) in [7, 11) is 0. The fraction of sp³-hybridized carbons (Fsp3) is 0. The van der Waals surface area contributed by atoms with Crippen LogP contribution >= 0.6 is 46.4 Å². The van der Waals surface area contributed by atoms with Crippen molar-refractivity contribution in [2.45, 2.75) is 0 Å². The van der Waals surface area contributed by atoms with Gasteiger partial charge in [-0.1, -0.05) is 46.4 Å². The van der Waals surface area contributed by atoms with Gasteiger partial charge in [0.2, 0.25) is 0 Å². The Labute approximate surface area is 113 Å². The van der Waals surface area contributed by atoms with Crippen LogP contribution in [0.1, 0.15) is 0 Å². The van der Waals surface area contributed by atoms with Crippen molar-refractivity contribution in [3.05, 3.63) is 50.7 Å². The standard InChI is InChI=1S/C11H5Cl4N/c12-7-2-9(11(15)10(14)3-7)6-1-8(13)5-16-4-6/h1-5H. The van der Waals surface area contributed by atoms with E-state index in [4.69, 9.17) is 46.4 Å². The highest BCUT2D eigenvalue weighted by molar-refractivity contribution is 6.45. The maximum atomic E-state index is 6.09. The van der Waals surface area contributed by atoms with E-state index in [1.807, 2.05) is 0 Å². The normalized spacial score (nSPS) is 10.5. The van der Waals surface area contributed by atoms with Crippen molar-refractivity contribution < 1.29 is 0 Å². The van der Waals surface area contributed by atoms with Crippen LogP contribution in [0.25, 0.3) is 11.1 Å². The molecule has 0 N–H and O–H groups in total. The first-order valence-corrected chi connectivity index (χ1v) is 5.84. The Morgan fingerprint density at radius 2 is 1.56 bits per heavy atom. The zero-order valence-electron chi connectivity index (χ0n) is 7.85. The Kier molecular flexibility index (Phi) is 3.60. The van der Waals surface area contributed by atoms with E-state index in [9.17, 15) is 0 Å². The summed E-state index contributed by atoms with van der Waals surface area (Å²) < 4.78 is 0. The predicted octanol–water partition coefficient (Wildman–Crippen LogP) is 5.36. The van der Waals surface area contributed by atoms with Gasteiger partial charge < -0.3 is 0 Å². The number of benzene rings is 1. The third kappa shape index (κ3) is 2.44. The highest BCUT2D eigenvalue weighted by atomic mass is 35.5. The van der Waals surface area contributed by atoms with Crippen LogP contribution in [0.4, 0.5) is 0 Å². The summed E-state index contributed by atoms with van der Waals surface area (Å²) in [5, 5.41) is 1.90. The molecule has 2 rings (SSSR count). The van der Waals surface area contributed by atoms with Crippen LogP contribution in [0.3, 0.4) is 0 Å². The van der Waals surface area contributed by atoms with Gasteiger partial charge in [0, 0.05) is 28.5 Å². The van der Waals surface area contributed by atoms with Gasteiger partial charge in [0.15, 0.2) is 0 Å². The molecule has 0 atom stereocenters. The van der Waals surface area contributed by atoms with Crippen LogP contribution in [0.5, 0.6) is 0 Å². The van der Waals surface area contributed by atoms with Crippen molar-refractivity contribution in [3.8, 4) is 11.1 Å². The molecule has 1 aromatic carbocycles. The van der Waals surface area contributed by atoms with E-state index in [0.29, 0.717) is 25.7 Å². The quantitative estimate of drug-likeness (QED) is 0.645. The van der Waals surface area contributed by atoms with Crippen molar-refractivity contribution in [2.75, 3.05) is 0 Å². The van der Waals surface area contributed by atoms with Gasteiger partial charge in [0.25, 0.3) is 0 Å². The van der Waals surface area contributed by atoms with E-state index in [1.54, 1.807) is 30.6 Å². The van der Waals surface area contributed by atoms with E-state index in [0.717, 1.165) is 5.56 Å². The third-order valence-corrected chi connectivity index (χ3v) is 3.24. The second-order valence-corrected chi connectivity index (χ2v) is 4.80. The van der Waals surface area contributed by atoms with Crippen molar-refractivity contribution >= 4 is 46.4 Å². The van der Waals surface area contributed by atoms with E-state index < -0.39 is 0 Å². The lowest BCUT2D eigenvalue weighted by atomic mass is 10.1. The Morgan fingerprint density at radius 3 is 2.25 bits per heavy atom. The highest BCUT2D eigenvalue weighted by Crippen LogP contribution is 2.36. The summed E-state index contributed by atoms with van der Waals surface area (Å²) in [4.78, 5) is 3.98. The molecule has 0 aliphatic rings. The molecule has 16 heavy (non-hydrogen) atoms. The molecule has 0 saturated heterocycles. The van der Waals surface area contributed by atoms with Crippen LogP contribution in [0.15, 0.2) is 30.6 Å². The van der Waals surface area contributed by atoms with E-state index in [2.05, 4.69) is 4.98 Å². The summed E-state index contributed by atoms with van der Waals surface area (Å²) in [6.45, 7) is 0. The third-order valence-electron chi connectivity index (χ3n) is 2.01.